The van der Waals surface area contributed by atoms with Gasteiger partial charge in [-0.1, -0.05) is 51.2 Å². The van der Waals surface area contributed by atoms with E-state index in [1.54, 1.807) is 0 Å². The molecule has 162 valence electrons. The molecule has 0 radical (unpaired) electrons. The van der Waals surface area contributed by atoms with E-state index < -0.39 is 12.0 Å². The maximum absolute atomic E-state index is 14.3. The van der Waals surface area contributed by atoms with E-state index in [-0.39, 0.29) is 11.6 Å². The van der Waals surface area contributed by atoms with Crippen LogP contribution in [0.2, 0.25) is 0 Å². The van der Waals surface area contributed by atoms with E-state index >= 15 is 0 Å². The molecule has 1 aromatic carbocycles. The van der Waals surface area contributed by atoms with Gasteiger partial charge in [-0.05, 0) is 79.9 Å². The number of rotatable bonds is 6. The summed E-state index contributed by atoms with van der Waals surface area (Å²) in [6.07, 6.45) is 10.6. The van der Waals surface area contributed by atoms with Crippen molar-refractivity contribution in [3.63, 3.8) is 0 Å². The number of alkyl halides is 3. The summed E-state index contributed by atoms with van der Waals surface area (Å²) in [5.74, 6) is 2.38. The van der Waals surface area contributed by atoms with Crippen LogP contribution in [0.3, 0.4) is 0 Å². The van der Waals surface area contributed by atoms with Crippen molar-refractivity contribution >= 4 is 6.08 Å². The SMILES string of the molecule is CCCCC1CCC(C2CCC(c3ccc(C=CC(F)(F)F)c(F)c3)CC2)CC1. The molecular formula is C25H34F4. The molecule has 0 aliphatic heterocycles. The van der Waals surface area contributed by atoms with Gasteiger partial charge in [0.2, 0.25) is 0 Å². The molecule has 3 rings (SSSR count). The Hall–Kier alpha value is -1.32. The first-order valence-electron chi connectivity index (χ1n) is 11.4. The van der Waals surface area contributed by atoms with E-state index in [0.29, 0.717) is 5.92 Å². The summed E-state index contributed by atoms with van der Waals surface area (Å²) in [5.41, 5.74) is 0.938. The van der Waals surface area contributed by atoms with Crippen molar-refractivity contribution < 1.29 is 17.6 Å². The van der Waals surface area contributed by atoms with Gasteiger partial charge in [0.1, 0.15) is 5.82 Å². The van der Waals surface area contributed by atoms with Gasteiger partial charge in [0.15, 0.2) is 0 Å². The van der Waals surface area contributed by atoms with Gasteiger partial charge in [0.25, 0.3) is 0 Å². The van der Waals surface area contributed by atoms with Crippen molar-refractivity contribution in [3.8, 4) is 0 Å². The molecule has 2 aliphatic rings. The lowest BCUT2D eigenvalue weighted by Crippen LogP contribution is -2.25. The van der Waals surface area contributed by atoms with E-state index in [1.807, 2.05) is 6.07 Å². The van der Waals surface area contributed by atoms with E-state index in [4.69, 9.17) is 0 Å². The minimum Gasteiger partial charge on any atom is -0.206 e. The van der Waals surface area contributed by atoms with E-state index in [0.717, 1.165) is 42.2 Å². The van der Waals surface area contributed by atoms with Crippen LogP contribution in [0.5, 0.6) is 0 Å². The minimum atomic E-state index is -4.42. The smallest absolute Gasteiger partial charge is 0.206 e. The van der Waals surface area contributed by atoms with Crippen LogP contribution >= 0.6 is 0 Å². The molecule has 1 aromatic rings. The second-order valence-corrected chi connectivity index (χ2v) is 9.19. The van der Waals surface area contributed by atoms with Crippen LogP contribution in [0.15, 0.2) is 24.3 Å². The molecule has 0 unspecified atom stereocenters. The van der Waals surface area contributed by atoms with Crippen LogP contribution in [0, 0.1) is 23.6 Å². The summed E-state index contributed by atoms with van der Waals surface area (Å²) >= 11 is 0. The molecule has 2 fully saturated rings. The Labute approximate surface area is 172 Å². The fourth-order valence-corrected chi connectivity index (χ4v) is 5.48. The molecule has 2 aliphatic carbocycles. The summed E-state index contributed by atoms with van der Waals surface area (Å²) in [7, 11) is 0. The Kier molecular flexibility index (Phi) is 7.81. The molecule has 2 saturated carbocycles. The Balaban J connectivity index is 1.49. The summed E-state index contributed by atoms with van der Waals surface area (Å²) in [6, 6.07) is 4.74. The highest BCUT2D eigenvalue weighted by Crippen LogP contribution is 2.44. The standard InChI is InChI=1S/C25H34F4/c1-2-3-4-18-5-7-19(8-6-18)20-9-11-21(12-10-20)23-14-13-22(24(26)17-23)15-16-25(27,28)29/h13-21H,2-12H2,1H3. The summed E-state index contributed by atoms with van der Waals surface area (Å²) in [5, 5.41) is 0. The molecule has 0 nitrogen and oxygen atoms in total. The first-order chi connectivity index (χ1) is 13.9. The van der Waals surface area contributed by atoms with Gasteiger partial charge >= 0.3 is 6.18 Å². The van der Waals surface area contributed by atoms with Crippen LogP contribution in [0.1, 0.15) is 94.6 Å². The van der Waals surface area contributed by atoms with Crippen LogP contribution in [-0.4, -0.2) is 6.18 Å². The number of hydrogen-bond acceptors (Lipinski definition) is 0. The number of halogens is 4. The van der Waals surface area contributed by atoms with Crippen molar-refractivity contribution in [3.05, 3.63) is 41.2 Å². The predicted molar refractivity (Wildman–Crippen MR) is 111 cm³/mol. The lowest BCUT2D eigenvalue weighted by molar-refractivity contribution is -0.0790. The van der Waals surface area contributed by atoms with Gasteiger partial charge in [-0.2, -0.15) is 13.2 Å². The first kappa shape index (κ1) is 22.4. The van der Waals surface area contributed by atoms with Crippen LogP contribution in [0.25, 0.3) is 6.08 Å². The minimum absolute atomic E-state index is 0.000376. The van der Waals surface area contributed by atoms with E-state index in [9.17, 15) is 17.6 Å². The maximum atomic E-state index is 14.3. The van der Waals surface area contributed by atoms with Gasteiger partial charge < -0.3 is 0 Å². The zero-order chi connectivity index (χ0) is 20.9. The Morgan fingerprint density at radius 3 is 2.10 bits per heavy atom. The molecule has 0 N–H and O–H groups in total. The summed E-state index contributed by atoms with van der Waals surface area (Å²) in [4.78, 5) is 0. The van der Waals surface area contributed by atoms with Crippen molar-refractivity contribution in [1.29, 1.82) is 0 Å². The summed E-state index contributed by atoms with van der Waals surface area (Å²) in [6.45, 7) is 2.27. The Morgan fingerprint density at radius 1 is 0.931 bits per heavy atom. The quantitative estimate of drug-likeness (QED) is 0.412. The highest BCUT2D eigenvalue weighted by molar-refractivity contribution is 5.51. The maximum Gasteiger partial charge on any atom is 0.409 e. The molecule has 29 heavy (non-hydrogen) atoms. The van der Waals surface area contributed by atoms with Crippen molar-refractivity contribution in [2.75, 3.05) is 0 Å². The van der Waals surface area contributed by atoms with Crippen LogP contribution < -0.4 is 0 Å². The van der Waals surface area contributed by atoms with Crippen molar-refractivity contribution in [1.82, 2.24) is 0 Å². The highest BCUT2D eigenvalue weighted by atomic mass is 19.4. The van der Waals surface area contributed by atoms with Crippen molar-refractivity contribution in [2.45, 2.75) is 89.6 Å². The van der Waals surface area contributed by atoms with Gasteiger partial charge in [-0.25, -0.2) is 4.39 Å². The molecule has 0 aromatic heterocycles. The molecule has 0 saturated heterocycles. The lowest BCUT2D eigenvalue weighted by atomic mass is 9.68. The Morgan fingerprint density at radius 2 is 1.55 bits per heavy atom. The molecule has 0 heterocycles. The summed E-state index contributed by atoms with van der Waals surface area (Å²) < 4.78 is 51.2. The molecule has 0 bridgehead atoms. The van der Waals surface area contributed by atoms with Gasteiger partial charge in [0, 0.05) is 11.6 Å². The number of allylic oxidation sites excluding steroid dienone is 1. The average molecular weight is 411 g/mol. The topological polar surface area (TPSA) is 0 Å². The fraction of sp³-hybridized carbons (Fsp3) is 0.680. The average Bonchev–Trinajstić information content (AvgIpc) is 2.71. The van der Waals surface area contributed by atoms with Crippen LogP contribution in [-0.2, 0) is 0 Å². The first-order valence-corrected chi connectivity index (χ1v) is 11.4. The molecular weight excluding hydrogens is 376 g/mol. The second kappa shape index (κ2) is 10.1. The van der Waals surface area contributed by atoms with Gasteiger partial charge in [-0.15, -0.1) is 0 Å². The molecule has 0 amide bonds. The molecule has 0 spiro atoms. The zero-order valence-corrected chi connectivity index (χ0v) is 17.5. The van der Waals surface area contributed by atoms with Crippen LogP contribution in [0.4, 0.5) is 17.6 Å². The normalized spacial score (nSPS) is 28.7. The highest BCUT2D eigenvalue weighted by Gasteiger charge is 2.31. The third-order valence-electron chi connectivity index (χ3n) is 7.24. The Bertz CT molecular complexity index is 660. The third kappa shape index (κ3) is 6.58. The molecule has 0 atom stereocenters. The second-order valence-electron chi connectivity index (χ2n) is 9.19. The number of hydrogen-bond donors (Lipinski definition) is 0. The van der Waals surface area contributed by atoms with Gasteiger partial charge in [0.05, 0.1) is 0 Å². The largest absolute Gasteiger partial charge is 0.409 e. The monoisotopic (exact) mass is 410 g/mol. The fourth-order valence-electron chi connectivity index (χ4n) is 5.48. The van der Waals surface area contributed by atoms with E-state index in [1.165, 1.54) is 69.9 Å². The van der Waals surface area contributed by atoms with Crippen molar-refractivity contribution in [2.24, 2.45) is 17.8 Å². The van der Waals surface area contributed by atoms with E-state index in [2.05, 4.69) is 6.92 Å². The predicted octanol–water partition coefficient (Wildman–Crippen LogP) is 8.67. The molecule has 4 heteroatoms. The zero-order valence-electron chi connectivity index (χ0n) is 17.5. The third-order valence-corrected chi connectivity index (χ3v) is 7.24. The number of unbranched alkanes of at least 4 members (excludes halogenated alkanes) is 1. The van der Waals surface area contributed by atoms with Gasteiger partial charge in [-0.3, -0.25) is 0 Å². The lowest BCUT2D eigenvalue weighted by Gasteiger charge is -2.38. The number of benzene rings is 1.